The van der Waals surface area contributed by atoms with E-state index >= 15 is 0 Å². The van der Waals surface area contributed by atoms with Gasteiger partial charge in [0.1, 0.15) is 12.5 Å². The Bertz CT molecular complexity index is 462. The van der Waals surface area contributed by atoms with E-state index in [2.05, 4.69) is 13.0 Å². The van der Waals surface area contributed by atoms with Gasteiger partial charge in [-0.05, 0) is 18.8 Å². The number of nitrogens with zero attached hydrogens (tertiary/aromatic N) is 1. The average molecular weight is 249 g/mol. The monoisotopic (exact) mass is 249 g/mol. The van der Waals surface area contributed by atoms with E-state index in [1.165, 1.54) is 5.57 Å². The number of nitriles is 1. The number of rotatable bonds is 4. The van der Waals surface area contributed by atoms with Crippen molar-refractivity contribution in [3.63, 3.8) is 0 Å². The molecular weight excluding hydrogens is 234 g/mol. The third-order valence-corrected chi connectivity index (χ3v) is 3.79. The molecule has 96 valence electrons. The first-order valence-electron chi connectivity index (χ1n) is 6.05. The number of carbonyl (C=O) groups excluding carboxylic acids is 1. The molecule has 1 N–H and O–H groups in total. The molecule has 0 aromatic carbocycles. The molecule has 2 aliphatic carbocycles. The van der Waals surface area contributed by atoms with Gasteiger partial charge >= 0.3 is 11.9 Å². The number of hydrogen-bond acceptors (Lipinski definition) is 4. The van der Waals surface area contributed by atoms with Crippen LogP contribution < -0.4 is 0 Å². The predicted octanol–water partition coefficient (Wildman–Crippen LogP) is 1.64. The van der Waals surface area contributed by atoms with Crippen LogP contribution in [0.3, 0.4) is 0 Å². The summed E-state index contributed by atoms with van der Waals surface area (Å²) in [7, 11) is 0. The highest BCUT2D eigenvalue weighted by Crippen LogP contribution is 2.54. The van der Waals surface area contributed by atoms with Crippen molar-refractivity contribution < 1.29 is 19.4 Å². The van der Waals surface area contributed by atoms with Gasteiger partial charge in [0.25, 0.3) is 0 Å². The standard InChI is InChI=1S/C13H15NO4/c1-2-8-3-9-6-13(7-14,10(9)4-8)18-12(17)5-11(15)16/h4,9-10H,2-3,5-6H2,1H3,(H,15,16). The fraction of sp³-hybridized carbons (Fsp3) is 0.615. The smallest absolute Gasteiger partial charge is 0.318 e. The number of carboxylic acids is 1. The Morgan fingerprint density at radius 2 is 2.39 bits per heavy atom. The van der Waals surface area contributed by atoms with Crippen LogP contribution in [0.25, 0.3) is 0 Å². The molecule has 1 saturated carbocycles. The summed E-state index contributed by atoms with van der Waals surface area (Å²) in [5.41, 5.74) is 0.158. The number of hydrogen-bond donors (Lipinski definition) is 1. The van der Waals surface area contributed by atoms with Crippen LogP contribution in [0.1, 0.15) is 32.6 Å². The lowest BCUT2D eigenvalue weighted by molar-refractivity contribution is -0.175. The Morgan fingerprint density at radius 1 is 1.67 bits per heavy atom. The molecule has 0 amide bonds. The largest absolute Gasteiger partial charge is 0.481 e. The van der Waals surface area contributed by atoms with Gasteiger partial charge in [0.2, 0.25) is 5.60 Å². The quantitative estimate of drug-likeness (QED) is 0.465. The van der Waals surface area contributed by atoms with Gasteiger partial charge in [0.05, 0.1) is 0 Å². The Balaban J connectivity index is 2.06. The highest BCUT2D eigenvalue weighted by molar-refractivity contribution is 5.90. The molecule has 0 heterocycles. The van der Waals surface area contributed by atoms with Crippen LogP contribution in [-0.4, -0.2) is 22.6 Å². The maximum Gasteiger partial charge on any atom is 0.318 e. The van der Waals surface area contributed by atoms with E-state index in [0.29, 0.717) is 12.3 Å². The molecule has 0 aliphatic heterocycles. The summed E-state index contributed by atoms with van der Waals surface area (Å²) in [6.45, 7) is 2.06. The zero-order valence-corrected chi connectivity index (χ0v) is 10.2. The zero-order valence-electron chi connectivity index (χ0n) is 10.2. The Morgan fingerprint density at radius 3 is 2.94 bits per heavy atom. The first-order chi connectivity index (χ1) is 8.50. The highest BCUT2D eigenvalue weighted by Gasteiger charge is 2.58. The van der Waals surface area contributed by atoms with Crippen molar-refractivity contribution in [3.8, 4) is 6.07 Å². The van der Waals surface area contributed by atoms with Gasteiger partial charge < -0.3 is 9.84 Å². The highest BCUT2D eigenvalue weighted by atomic mass is 16.6. The summed E-state index contributed by atoms with van der Waals surface area (Å²) in [6.07, 6.45) is 3.74. The predicted molar refractivity (Wildman–Crippen MR) is 61.3 cm³/mol. The van der Waals surface area contributed by atoms with Crippen LogP contribution in [0.5, 0.6) is 0 Å². The Hall–Kier alpha value is -1.83. The van der Waals surface area contributed by atoms with Crippen molar-refractivity contribution >= 4 is 11.9 Å². The topological polar surface area (TPSA) is 87.4 Å². The van der Waals surface area contributed by atoms with Gasteiger partial charge in [0, 0.05) is 12.3 Å². The first-order valence-corrected chi connectivity index (χ1v) is 6.05. The molecule has 0 aromatic rings. The van der Waals surface area contributed by atoms with E-state index in [4.69, 9.17) is 9.84 Å². The molecular formula is C13H15NO4. The first kappa shape index (κ1) is 12.6. The maximum atomic E-state index is 11.4. The van der Waals surface area contributed by atoms with E-state index in [1.54, 1.807) is 0 Å². The minimum atomic E-state index is -1.24. The molecule has 5 heteroatoms. The van der Waals surface area contributed by atoms with E-state index in [1.807, 2.05) is 6.08 Å². The fourth-order valence-corrected chi connectivity index (χ4v) is 2.88. The number of carbonyl (C=O) groups is 2. The lowest BCUT2D eigenvalue weighted by Crippen LogP contribution is -2.53. The lowest BCUT2D eigenvalue weighted by Gasteiger charge is -2.45. The van der Waals surface area contributed by atoms with Crippen LogP contribution >= 0.6 is 0 Å². The molecule has 0 aromatic heterocycles. The lowest BCUT2D eigenvalue weighted by atomic mass is 9.63. The number of carboxylic acid groups (broad SMARTS) is 1. The van der Waals surface area contributed by atoms with Gasteiger partial charge in [-0.25, -0.2) is 0 Å². The number of ether oxygens (including phenoxy) is 1. The molecule has 3 atom stereocenters. The molecule has 2 rings (SSSR count). The second-order valence-corrected chi connectivity index (χ2v) is 4.92. The third-order valence-electron chi connectivity index (χ3n) is 3.79. The number of aliphatic carboxylic acids is 1. The summed E-state index contributed by atoms with van der Waals surface area (Å²) >= 11 is 0. The summed E-state index contributed by atoms with van der Waals surface area (Å²) in [4.78, 5) is 21.8. The van der Waals surface area contributed by atoms with E-state index in [9.17, 15) is 14.9 Å². The average Bonchev–Trinajstić information content (AvgIpc) is 2.63. The van der Waals surface area contributed by atoms with Crippen LogP contribution in [0.15, 0.2) is 11.6 Å². The molecule has 3 unspecified atom stereocenters. The molecule has 0 saturated heterocycles. The zero-order chi connectivity index (χ0) is 13.3. The fourth-order valence-electron chi connectivity index (χ4n) is 2.88. The molecule has 0 bridgehead atoms. The van der Waals surface area contributed by atoms with Crippen molar-refractivity contribution in [2.24, 2.45) is 11.8 Å². The van der Waals surface area contributed by atoms with E-state index in [-0.39, 0.29) is 5.92 Å². The summed E-state index contributed by atoms with van der Waals surface area (Å²) < 4.78 is 5.12. The Kier molecular flexibility index (Phi) is 3.12. The van der Waals surface area contributed by atoms with Gasteiger partial charge in [0.15, 0.2) is 0 Å². The van der Waals surface area contributed by atoms with Gasteiger partial charge in [-0.3, -0.25) is 9.59 Å². The summed E-state index contributed by atoms with van der Waals surface area (Å²) in [5, 5.41) is 17.7. The normalized spacial score (nSPS) is 32.8. The van der Waals surface area contributed by atoms with Crippen molar-refractivity contribution in [2.45, 2.75) is 38.2 Å². The minimum Gasteiger partial charge on any atom is -0.481 e. The minimum absolute atomic E-state index is 0.0600. The van der Waals surface area contributed by atoms with Gasteiger partial charge in [-0.15, -0.1) is 0 Å². The van der Waals surface area contributed by atoms with E-state index in [0.717, 1.165) is 12.8 Å². The second-order valence-electron chi connectivity index (χ2n) is 4.92. The number of allylic oxidation sites excluding steroid dienone is 1. The van der Waals surface area contributed by atoms with Crippen LogP contribution in [0.2, 0.25) is 0 Å². The van der Waals surface area contributed by atoms with Crippen molar-refractivity contribution in [2.75, 3.05) is 0 Å². The maximum absolute atomic E-state index is 11.4. The van der Waals surface area contributed by atoms with Crippen LogP contribution in [0.4, 0.5) is 0 Å². The molecule has 0 spiro atoms. The molecule has 2 aliphatic rings. The van der Waals surface area contributed by atoms with Crippen molar-refractivity contribution in [1.82, 2.24) is 0 Å². The van der Waals surface area contributed by atoms with Gasteiger partial charge in [-0.2, -0.15) is 5.26 Å². The molecule has 0 radical (unpaired) electrons. The number of fused-ring (bicyclic) bond motifs is 1. The summed E-state index contributed by atoms with van der Waals surface area (Å²) in [5.74, 6) is -1.76. The van der Waals surface area contributed by atoms with Gasteiger partial charge in [-0.1, -0.05) is 18.6 Å². The van der Waals surface area contributed by atoms with E-state index < -0.39 is 24.0 Å². The molecule has 1 fully saturated rings. The third kappa shape index (κ3) is 1.99. The summed E-state index contributed by atoms with van der Waals surface area (Å²) in [6, 6.07) is 2.05. The Labute approximate surface area is 105 Å². The molecule has 5 nitrogen and oxygen atoms in total. The second kappa shape index (κ2) is 4.45. The van der Waals surface area contributed by atoms with Crippen molar-refractivity contribution in [1.29, 1.82) is 5.26 Å². The van der Waals surface area contributed by atoms with Crippen LogP contribution in [-0.2, 0) is 14.3 Å². The SMILES string of the molecule is CCC1=CC2C(C1)CC2(C#N)OC(=O)CC(=O)O. The number of esters is 1. The molecule has 18 heavy (non-hydrogen) atoms. The van der Waals surface area contributed by atoms with Crippen LogP contribution in [0, 0.1) is 23.2 Å². The van der Waals surface area contributed by atoms with Crippen molar-refractivity contribution in [3.05, 3.63) is 11.6 Å².